The summed E-state index contributed by atoms with van der Waals surface area (Å²) >= 11 is 6.09. The summed E-state index contributed by atoms with van der Waals surface area (Å²) in [6.45, 7) is 0. The molecule has 0 amide bonds. The van der Waals surface area contributed by atoms with Gasteiger partial charge in [0, 0.05) is 12.1 Å². The van der Waals surface area contributed by atoms with Crippen LogP contribution in [0.2, 0.25) is 5.02 Å². The van der Waals surface area contributed by atoms with Crippen molar-refractivity contribution in [3.63, 3.8) is 0 Å². The van der Waals surface area contributed by atoms with Gasteiger partial charge in [-0.2, -0.15) is 4.98 Å². The molecule has 1 heterocycles. The van der Waals surface area contributed by atoms with Crippen molar-refractivity contribution in [2.24, 2.45) is 0 Å². The molecular weight excluding hydrogens is 293 g/mol. The van der Waals surface area contributed by atoms with Gasteiger partial charge in [0.1, 0.15) is 5.82 Å². The Bertz CT molecular complexity index is 788. The molecule has 4 nitrogen and oxygen atoms in total. The van der Waals surface area contributed by atoms with E-state index in [1.165, 1.54) is 6.07 Å². The molecule has 3 rings (SSSR count). The van der Waals surface area contributed by atoms with Gasteiger partial charge in [-0.15, -0.1) is 0 Å². The molecule has 0 radical (unpaired) electrons. The smallest absolute Gasteiger partial charge is 0.259 e. The van der Waals surface area contributed by atoms with E-state index >= 15 is 0 Å². The first kappa shape index (κ1) is 13.6. The minimum Gasteiger partial charge on any atom is -0.399 e. The summed E-state index contributed by atoms with van der Waals surface area (Å²) in [7, 11) is 0. The average Bonchev–Trinajstić information content (AvgIpc) is 2.90. The van der Waals surface area contributed by atoms with Crippen LogP contribution in [0.25, 0.3) is 11.5 Å². The first-order valence-corrected chi connectivity index (χ1v) is 6.62. The zero-order valence-corrected chi connectivity index (χ0v) is 11.6. The van der Waals surface area contributed by atoms with Crippen molar-refractivity contribution in [2.45, 2.75) is 6.42 Å². The van der Waals surface area contributed by atoms with Crippen LogP contribution >= 0.6 is 11.6 Å². The minimum absolute atomic E-state index is 0.253. The molecule has 0 atom stereocenters. The second kappa shape index (κ2) is 5.54. The van der Waals surface area contributed by atoms with E-state index in [0.717, 1.165) is 0 Å². The summed E-state index contributed by atoms with van der Waals surface area (Å²) in [6.07, 6.45) is 0.253. The Morgan fingerprint density at radius 3 is 2.76 bits per heavy atom. The first-order chi connectivity index (χ1) is 10.1. The molecule has 3 aromatic rings. The van der Waals surface area contributed by atoms with Gasteiger partial charge >= 0.3 is 0 Å². The maximum absolute atomic E-state index is 13.6. The lowest BCUT2D eigenvalue weighted by atomic mass is 10.1. The van der Waals surface area contributed by atoms with Gasteiger partial charge in [0.2, 0.25) is 0 Å². The van der Waals surface area contributed by atoms with Gasteiger partial charge in [0.25, 0.3) is 5.89 Å². The number of hydrogen-bond acceptors (Lipinski definition) is 4. The fraction of sp³-hybridized carbons (Fsp3) is 0.0667. The number of aromatic nitrogens is 2. The van der Waals surface area contributed by atoms with Crippen LogP contribution in [0, 0.1) is 5.82 Å². The summed E-state index contributed by atoms with van der Waals surface area (Å²) in [6, 6.07) is 11.5. The van der Waals surface area contributed by atoms with E-state index in [1.807, 2.05) is 0 Å². The Kier molecular flexibility index (Phi) is 3.58. The molecule has 2 aromatic carbocycles. The van der Waals surface area contributed by atoms with E-state index in [0.29, 0.717) is 27.7 Å². The van der Waals surface area contributed by atoms with Crippen molar-refractivity contribution >= 4 is 17.3 Å². The number of halogens is 2. The molecule has 21 heavy (non-hydrogen) atoms. The lowest BCUT2D eigenvalue weighted by Gasteiger charge is -1.99. The van der Waals surface area contributed by atoms with Gasteiger partial charge in [-0.25, -0.2) is 4.39 Å². The number of nitrogen functional groups attached to an aromatic ring is 1. The van der Waals surface area contributed by atoms with E-state index in [-0.39, 0.29) is 18.1 Å². The Hall–Kier alpha value is -2.40. The summed E-state index contributed by atoms with van der Waals surface area (Å²) in [5.41, 5.74) is 7.29. The van der Waals surface area contributed by atoms with Crippen LogP contribution in [-0.4, -0.2) is 10.1 Å². The van der Waals surface area contributed by atoms with Gasteiger partial charge in [-0.05, 0) is 29.8 Å². The van der Waals surface area contributed by atoms with Gasteiger partial charge in [0.15, 0.2) is 5.82 Å². The molecule has 6 heteroatoms. The van der Waals surface area contributed by atoms with Crippen molar-refractivity contribution in [3.8, 4) is 11.5 Å². The van der Waals surface area contributed by atoms with Crippen molar-refractivity contribution in [1.29, 1.82) is 0 Å². The van der Waals surface area contributed by atoms with Crippen LogP contribution < -0.4 is 5.73 Å². The molecule has 0 aliphatic rings. The summed E-state index contributed by atoms with van der Waals surface area (Å²) in [5, 5.41) is 4.28. The lowest BCUT2D eigenvalue weighted by molar-refractivity contribution is 0.423. The predicted octanol–water partition coefficient (Wildman–Crippen LogP) is 3.70. The van der Waals surface area contributed by atoms with Crippen LogP contribution in [0.4, 0.5) is 10.1 Å². The van der Waals surface area contributed by atoms with Crippen molar-refractivity contribution in [3.05, 3.63) is 64.7 Å². The Balaban J connectivity index is 1.88. The average molecular weight is 304 g/mol. The minimum atomic E-state index is -0.297. The van der Waals surface area contributed by atoms with Crippen LogP contribution in [0.1, 0.15) is 11.4 Å². The molecule has 0 saturated carbocycles. The molecule has 0 unspecified atom stereocenters. The van der Waals surface area contributed by atoms with E-state index < -0.39 is 0 Å². The van der Waals surface area contributed by atoms with E-state index in [1.54, 1.807) is 36.4 Å². The number of nitrogens with zero attached hydrogens (tertiary/aromatic N) is 2. The second-order valence-corrected chi connectivity index (χ2v) is 4.93. The summed E-state index contributed by atoms with van der Waals surface area (Å²) in [5.74, 6) is 0.378. The zero-order valence-electron chi connectivity index (χ0n) is 10.9. The molecular formula is C15H11ClFN3O. The van der Waals surface area contributed by atoms with Crippen LogP contribution in [0.3, 0.4) is 0 Å². The largest absolute Gasteiger partial charge is 0.399 e. The molecule has 1 aromatic heterocycles. The normalized spacial score (nSPS) is 10.8. The number of hydrogen-bond donors (Lipinski definition) is 1. The van der Waals surface area contributed by atoms with Crippen molar-refractivity contribution in [1.82, 2.24) is 10.1 Å². The predicted molar refractivity (Wildman–Crippen MR) is 78.4 cm³/mol. The first-order valence-electron chi connectivity index (χ1n) is 6.25. The highest BCUT2D eigenvalue weighted by Gasteiger charge is 2.13. The van der Waals surface area contributed by atoms with Crippen molar-refractivity contribution in [2.75, 3.05) is 5.73 Å². The fourth-order valence-corrected chi connectivity index (χ4v) is 2.22. The molecule has 0 aliphatic carbocycles. The van der Waals surface area contributed by atoms with E-state index in [9.17, 15) is 4.39 Å². The monoisotopic (exact) mass is 303 g/mol. The highest BCUT2D eigenvalue weighted by atomic mass is 35.5. The number of rotatable bonds is 3. The number of nitrogens with two attached hydrogens (primary N) is 1. The van der Waals surface area contributed by atoms with Gasteiger partial charge in [-0.1, -0.05) is 35.0 Å². The van der Waals surface area contributed by atoms with E-state index in [4.69, 9.17) is 21.9 Å². The van der Waals surface area contributed by atoms with Gasteiger partial charge < -0.3 is 10.3 Å². The van der Waals surface area contributed by atoms with Crippen LogP contribution in [0.5, 0.6) is 0 Å². The molecule has 0 spiro atoms. The maximum atomic E-state index is 13.6. The number of benzene rings is 2. The zero-order chi connectivity index (χ0) is 14.8. The second-order valence-electron chi connectivity index (χ2n) is 4.52. The third-order valence-corrected chi connectivity index (χ3v) is 3.31. The fourth-order valence-electron chi connectivity index (χ4n) is 1.95. The molecule has 0 saturated heterocycles. The third kappa shape index (κ3) is 2.87. The van der Waals surface area contributed by atoms with Crippen LogP contribution in [-0.2, 0) is 6.42 Å². The quantitative estimate of drug-likeness (QED) is 0.749. The Morgan fingerprint density at radius 1 is 1.19 bits per heavy atom. The van der Waals surface area contributed by atoms with Gasteiger partial charge in [0.05, 0.1) is 10.6 Å². The third-order valence-electron chi connectivity index (χ3n) is 3.00. The lowest BCUT2D eigenvalue weighted by Crippen LogP contribution is -1.94. The van der Waals surface area contributed by atoms with Crippen LogP contribution in [0.15, 0.2) is 47.0 Å². The molecule has 0 fully saturated rings. The number of anilines is 1. The highest BCUT2D eigenvalue weighted by Crippen LogP contribution is 2.28. The SMILES string of the molecule is Nc1ccc(-c2nc(Cc3ccccc3F)no2)c(Cl)c1. The van der Waals surface area contributed by atoms with Crippen molar-refractivity contribution < 1.29 is 8.91 Å². The molecule has 106 valence electrons. The maximum Gasteiger partial charge on any atom is 0.259 e. The topological polar surface area (TPSA) is 64.9 Å². The van der Waals surface area contributed by atoms with E-state index in [2.05, 4.69) is 10.1 Å². The molecule has 0 aliphatic heterocycles. The molecule has 2 N–H and O–H groups in total. The summed E-state index contributed by atoms with van der Waals surface area (Å²) < 4.78 is 18.8. The van der Waals surface area contributed by atoms with Gasteiger partial charge in [-0.3, -0.25) is 0 Å². The highest BCUT2D eigenvalue weighted by molar-refractivity contribution is 6.33. The Labute approximate surface area is 125 Å². The standard InChI is InChI=1S/C15H11ClFN3O/c16-12-8-10(18)5-6-11(12)15-19-14(20-21-15)7-9-3-1-2-4-13(9)17/h1-6,8H,7,18H2. The molecule has 0 bridgehead atoms. The summed E-state index contributed by atoms with van der Waals surface area (Å²) in [4.78, 5) is 4.24. The Morgan fingerprint density at radius 2 is 2.00 bits per heavy atom.